The summed E-state index contributed by atoms with van der Waals surface area (Å²) >= 11 is 0. The molecule has 1 rings (SSSR count). The lowest BCUT2D eigenvalue weighted by Crippen LogP contribution is -2.48. The Hall–Kier alpha value is -1.59. The normalized spacial score (nSPS) is 26.2. The van der Waals surface area contributed by atoms with Crippen LogP contribution in [0.15, 0.2) is 0 Å². The Morgan fingerprint density at radius 1 is 1.24 bits per heavy atom. The van der Waals surface area contributed by atoms with Crippen molar-refractivity contribution in [2.24, 2.45) is 17.8 Å². The van der Waals surface area contributed by atoms with E-state index in [0.717, 1.165) is 6.42 Å². The predicted molar refractivity (Wildman–Crippen MR) is 78.5 cm³/mol. The third-order valence-corrected chi connectivity index (χ3v) is 4.47. The van der Waals surface area contributed by atoms with Gasteiger partial charge in [-0.15, -0.1) is 0 Å². The fourth-order valence-corrected chi connectivity index (χ4v) is 2.91. The van der Waals surface area contributed by atoms with Crippen molar-refractivity contribution in [2.45, 2.75) is 46.1 Å². The average molecular weight is 298 g/mol. The quantitative estimate of drug-likeness (QED) is 0.769. The van der Waals surface area contributed by atoms with Crippen molar-refractivity contribution in [3.63, 3.8) is 0 Å². The van der Waals surface area contributed by atoms with Crippen LogP contribution in [0.2, 0.25) is 0 Å². The number of nitrogens with one attached hydrogen (secondary N) is 1. The van der Waals surface area contributed by atoms with Crippen LogP contribution in [0.3, 0.4) is 0 Å². The molecule has 6 nitrogen and oxygen atoms in total. The molecular formula is C15H26N2O4. The maximum Gasteiger partial charge on any atom is 0.307 e. The summed E-state index contributed by atoms with van der Waals surface area (Å²) in [6.45, 7) is 6.06. The first-order chi connectivity index (χ1) is 9.81. The van der Waals surface area contributed by atoms with E-state index in [-0.39, 0.29) is 17.7 Å². The van der Waals surface area contributed by atoms with Crippen molar-refractivity contribution in [1.29, 1.82) is 0 Å². The molecule has 21 heavy (non-hydrogen) atoms. The van der Waals surface area contributed by atoms with Gasteiger partial charge in [-0.3, -0.25) is 14.4 Å². The third-order valence-electron chi connectivity index (χ3n) is 4.47. The highest BCUT2D eigenvalue weighted by Gasteiger charge is 2.42. The van der Waals surface area contributed by atoms with Gasteiger partial charge in [0, 0.05) is 13.6 Å². The predicted octanol–water partition coefficient (Wildman–Crippen LogP) is 1.11. The number of amides is 2. The highest BCUT2D eigenvalue weighted by atomic mass is 16.4. The van der Waals surface area contributed by atoms with E-state index < -0.39 is 23.8 Å². The summed E-state index contributed by atoms with van der Waals surface area (Å²) in [4.78, 5) is 37.1. The van der Waals surface area contributed by atoms with Crippen molar-refractivity contribution in [3.8, 4) is 0 Å². The lowest BCUT2D eigenvalue weighted by atomic mass is 9.95. The molecule has 0 aromatic rings. The molecule has 0 aromatic heterocycles. The van der Waals surface area contributed by atoms with Crippen LogP contribution >= 0.6 is 0 Å². The average Bonchev–Trinajstić information content (AvgIpc) is 2.90. The van der Waals surface area contributed by atoms with E-state index in [1.54, 1.807) is 14.0 Å². The van der Waals surface area contributed by atoms with Gasteiger partial charge in [0.2, 0.25) is 11.8 Å². The number of likely N-dealkylation sites (N-methyl/N-ethyl adjacent to an activating group) is 1. The van der Waals surface area contributed by atoms with Gasteiger partial charge in [0.15, 0.2) is 0 Å². The van der Waals surface area contributed by atoms with Gasteiger partial charge < -0.3 is 15.3 Å². The molecule has 0 aromatic carbocycles. The Morgan fingerprint density at radius 2 is 1.81 bits per heavy atom. The molecule has 0 radical (unpaired) electrons. The van der Waals surface area contributed by atoms with Crippen LogP contribution in [0.5, 0.6) is 0 Å². The number of carboxylic acid groups (broad SMARTS) is 1. The molecule has 1 fully saturated rings. The van der Waals surface area contributed by atoms with Crippen molar-refractivity contribution in [1.82, 2.24) is 10.2 Å². The maximum absolute atomic E-state index is 12.3. The number of hydrogen-bond donors (Lipinski definition) is 2. The fraction of sp³-hybridized carbons (Fsp3) is 0.800. The van der Waals surface area contributed by atoms with E-state index in [4.69, 9.17) is 0 Å². The molecule has 0 saturated heterocycles. The number of carbonyl (C=O) groups excluding carboxylic acids is 2. The molecular weight excluding hydrogens is 272 g/mol. The minimum absolute atomic E-state index is 0.164. The first kappa shape index (κ1) is 17.5. The highest BCUT2D eigenvalue weighted by molar-refractivity contribution is 5.90. The minimum Gasteiger partial charge on any atom is -0.481 e. The lowest BCUT2D eigenvalue weighted by Gasteiger charge is -2.23. The SMILES string of the molecule is CCC1C[C@H](C(=O)NC(C)C(=O)N(C)CC)[C@H](C(=O)O)C1. The monoisotopic (exact) mass is 298 g/mol. The second-order valence-corrected chi connectivity index (χ2v) is 5.88. The summed E-state index contributed by atoms with van der Waals surface area (Å²) in [5.41, 5.74) is 0. The number of rotatable bonds is 6. The van der Waals surface area contributed by atoms with Gasteiger partial charge >= 0.3 is 5.97 Å². The van der Waals surface area contributed by atoms with Crippen LogP contribution in [0.4, 0.5) is 0 Å². The number of hydrogen-bond acceptors (Lipinski definition) is 3. The van der Waals surface area contributed by atoms with E-state index in [0.29, 0.717) is 19.4 Å². The Kier molecular flexibility index (Phi) is 6.18. The first-order valence-corrected chi connectivity index (χ1v) is 7.59. The minimum atomic E-state index is -0.921. The zero-order valence-corrected chi connectivity index (χ0v) is 13.3. The van der Waals surface area contributed by atoms with Crippen molar-refractivity contribution in [3.05, 3.63) is 0 Å². The number of carboxylic acids is 1. The van der Waals surface area contributed by atoms with Gasteiger partial charge in [0.1, 0.15) is 6.04 Å². The molecule has 1 aliphatic carbocycles. The zero-order chi connectivity index (χ0) is 16.2. The molecule has 2 unspecified atom stereocenters. The molecule has 0 aliphatic heterocycles. The fourth-order valence-electron chi connectivity index (χ4n) is 2.91. The second-order valence-electron chi connectivity index (χ2n) is 5.88. The van der Waals surface area contributed by atoms with Crippen LogP contribution in [0, 0.1) is 17.8 Å². The summed E-state index contributed by atoms with van der Waals surface area (Å²) in [6, 6.07) is -0.627. The maximum atomic E-state index is 12.3. The smallest absolute Gasteiger partial charge is 0.307 e. The van der Waals surface area contributed by atoms with Crippen molar-refractivity contribution in [2.75, 3.05) is 13.6 Å². The Labute approximate surface area is 125 Å². The number of aliphatic carboxylic acids is 1. The third kappa shape index (κ3) is 4.19. The van der Waals surface area contributed by atoms with Crippen LogP contribution in [-0.4, -0.2) is 47.4 Å². The Morgan fingerprint density at radius 3 is 2.29 bits per heavy atom. The van der Waals surface area contributed by atoms with Gasteiger partial charge in [-0.25, -0.2) is 0 Å². The molecule has 1 aliphatic rings. The van der Waals surface area contributed by atoms with Gasteiger partial charge in [-0.1, -0.05) is 13.3 Å². The van der Waals surface area contributed by atoms with E-state index in [1.165, 1.54) is 4.90 Å². The summed E-state index contributed by atoms with van der Waals surface area (Å²) < 4.78 is 0. The summed E-state index contributed by atoms with van der Waals surface area (Å²) in [5.74, 6) is -2.30. The lowest BCUT2D eigenvalue weighted by molar-refractivity contribution is -0.146. The van der Waals surface area contributed by atoms with Gasteiger partial charge in [0.25, 0.3) is 0 Å². The van der Waals surface area contributed by atoms with E-state index in [2.05, 4.69) is 5.32 Å². The van der Waals surface area contributed by atoms with E-state index in [1.807, 2.05) is 13.8 Å². The molecule has 1 saturated carbocycles. The van der Waals surface area contributed by atoms with Crippen molar-refractivity contribution >= 4 is 17.8 Å². The Bertz CT molecular complexity index is 410. The van der Waals surface area contributed by atoms with Crippen LogP contribution in [-0.2, 0) is 14.4 Å². The summed E-state index contributed by atoms with van der Waals surface area (Å²) in [6.07, 6.45) is 2.01. The molecule has 6 heteroatoms. The molecule has 0 bridgehead atoms. The second kappa shape index (κ2) is 7.43. The molecule has 0 heterocycles. The number of nitrogens with zero attached hydrogens (tertiary/aromatic N) is 1. The van der Waals surface area contributed by atoms with Gasteiger partial charge in [0.05, 0.1) is 11.8 Å². The largest absolute Gasteiger partial charge is 0.481 e. The first-order valence-electron chi connectivity index (χ1n) is 7.59. The Balaban J connectivity index is 2.69. The van der Waals surface area contributed by atoms with E-state index in [9.17, 15) is 19.5 Å². The van der Waals surface area contributed by atoms with Gasteiger partial charge in [-0.2, -0.15) is 0 Å². The zero-order valence-electron chi connectivity index (χ0n) is 13.3. The van der Waals surface area contributed by atoms with Crippen LogP contribution in [0.25, 0.3) is 0 Å². The standard InChI is InChI=1S/C15H26N2O4/c1-5-10-7-11(12(8-10)15(20)21)13(18)16-9(3)14(19)17(4)6-2/h9-12H,5-8H2,1-4H3,(H,16,18)(H,20,21)/t9?,10?,11-,12+/m0/s1. The molecule has 4 atom stereocenters. The van der Waals surface area contributed by atoms with Crippen LogP contribution in [0.1, 0.15) is 40.0 Å². The van der Waals surface area contributed by atoms with Crippen molar-refractivity contribution < 1.29 is 19.5 Å². The molecule has 120 valence electrons. The molecule has 2 amide bonds. The highest BCUT2D eigenvalue weighted by Crippen LogP contribution is 2.38. The number of carbonyl (C=O) groups is 3. The van der Waals surface area contributed by atoms with Crippen LogP contribution < -0.4 is 5.32 Å². The molecule has 0 spiro atoms. The van der Waals surface area contributed by atoms with E-state index >= 15 is 0 Å². The summed E-state index contributed by atoms with van der Waals surface area (Å²) in [5, 5.41) is 11.9. The topological polar surface area (TPSA) is 86.7 Å². The summed E-state index contributed by atoms with van der Waals surface area (Å²) in [7, 11) is 1.67. The molecule has 2 N–H and O–H groups in total. The van der Waals surface area contributed by atoms with Gasteiger partial charge in [-0.05, 0) is 32.6 Å².